The molecule has 0 radical (unpaired) electrons. The summed E-state index contributed by atoms with van der Waals surface area (Å²) in [5, 5.41) is 2.97. The fraction of sp³-hybridized carbons (Fsp3) is 0.391. The van der Waals surface area contributed by atoms with E-state index >= 15 is 0 Å². The molecule has 1 unspecified atom stereocenters. The monoisotopic (exact) mass is 393 g/mol. The zero-order valence-electron chi connectivity index (χ0n) is 16.8. The molecule has 2 aliphatic rings. The number of amides is 2. The lowest BCUT2D eigenvalue weighted by Crippen LogP contribution is -2.29. The zero-order chi connectivity index (χ0) is 20.2. The van der Waals surface area contributed by atoms with Gasteiger partial charge in [-0.1, -0.05) is 0 Å². The molecule has 1 N–H and O–H groups in total. The summed E-state index contributed by atoms with van der Waals surface area (Å²) in [6, 6.07) is 15.3. The van der Waals surface area contributed by atoms with Crippen molar-refractivity contribution >= 4 is 28.9 Å². The number of benzene rings is 2. The highest BCUT2D eigenvalue weighted by Crippen LogP contribution is 2.28. The van der Waals surface area contributed by atoms with Crippen molar-refractivity contribution in [3.05, 3.63) is 48.5 Å². The van der Waals surface area contributed by atoms with Crippen LogP contribution in [0.1, 0.15) is 25.7 Å². The largest absolute Gasteiger partial charge is 0.497 e. The maximum atomic E-state index is 12.7. The number of hydrogen-bond acceptors (Lipinski definition) is 4. The minimum Gasteiger partial charge on any atom is -0.497 e. The normalized spacial score (nSPS) is 19.3. The molecule has 6 heteroatoms. The maximum absolute atomic E-state index is 12.7. The van der Waals surface area contributed by atoms with E-state index < -0.39 is 0 Å². The summed E-state index contributed by atoms with van der Waals surface area (Å²) in [5.41, 5.74) is 2.76. The minimum atomic E-state index is -0.355. The van der Waals surface area contributed by atoms with Gasteiger partial charge in [-0.05, 0) is 67.8 Å². The molecule has 2 aromatic rings. The van der Waals surface area contributed by atoms with Gasteiger partial charge in [-0.3, -0.25) is 9.59 Å². The first-order valence-corrected chi connectivity index (χ1v) is 10.2. The summed E-state index contributed by atoms with van der Waals surface area (Å²) >= 11 is 0. The third-order valence-corrected chi connectivity index (χ3v) is 5.74. The third kappa shape index (κ3) is 4.36. The van der Waals surface area contributed by atoms with Gasteiger partial charge >= 0.3 is 0 Å². The van der Waals surface area contributed by atoms with E-state index in [2.05, 4.69) is 22.3 Å². The van der Waals surface area contributed by atoms with E-state index in [4.69, 9.17) is 4.74 Å². The van der Waals surface area contributed by atoms with Gasteiger partial charge in [0.05, 0.1) is 13.0 Å². The lowest BCUT2D eigenvalue weighted by Gasteiger charge is -2.28. The van der Waals surface area contributed by atoms with Crippen molar-refractivity contribution in [1.29, 1.82) is 0 Å². The van der Waals surface area contributed by atoms with Crippen LogP contribution in [-0.4, -0.2) is 38.6 Å². The van der Waals surface area contributed by atoms with Crippen molar-refractivity contribution in [2.45, 2.75) is 25.7 Å². The first-order valence-electron chi connectivity index (χ1n) is 10.2. The van der Waals surface area contributed by atoms with Crippen LogP contribution in [0.15, 0.2) is 48.5 Å². The first kappa shape index (κ1) is 19.3. The number of nitrogens with zero attached hydrogens (tertiary/aromatic N) is 2. The van der Waals surface area contributed by atoms with Crippen molar-refractivity contribution in [1.82, 2.24) is 0 Å². The number of hydrogen-bond donors (Lipinski definition) is 1. The Hall–Kier alpha value is -3.02. The average molecular weight is 393 g/mol. The van der Waals surface area contributed by atoms with Gasteiger partial charge < -0.3 is 19.9 Å². The second-order valence-corrected chi connectivity index (χ2v) is 7.69. The summed E-state index contributed by atoms with van der Waals surface area (Å²) in [7, 11) is 1.61. The predicted molar refractivity (Wildman–Crippen MR) is 115 cm³/mol. The number of anilines is 3. The molecule has 0 aromatic heterocycles. The summed E-state index contributed by atoms with van der Waals surface area (Å²) in [5.74, 6) is 0.241. The second kappa shape index (κ2) is 8.55. The number of carbonyl (C=O) groups is 2. The summed E-state index contributed by atoms with van der Waals surface area (Å²) in [6.07, 6.45) is 4.00. The highest BCUT2D eigenvalue weighted by molar-refractivity contribution is 6.03. The van der Waals surface area contributed by atoms with Crippen molar-refractivity contribution in [2.24, 2.45) is 5.92 Å². The molecule has 6 nitrogen and oxygen atoms in total. The minimum absolute atomic E-state index is 0.0317. The fourth-order valence-electron chi connectivity index (χ4n) is 4.05. The molecule has 0 saturated carbocycles. The van der Waals surface area contributed by atoms with Crippen LogP contribution in [0.25, 0.3) is 0 Å². The van der Waals surface area contributed by atoms with Gasteiger partial charge in [0.2, 0.25) is 11.8 Å². The van der Waals surface area contributed by atoms with Crippen LogP contribution in [0.2, 0.25) is 0 Å². The Morgan fingerprint density at radius 3 is 2.28 bits per heavy atom. The first-order chi connectivity index (χ1) is 14.1. The van der Waals surface area contributed by atoms with E-state index in [1.807, 2.05) is 36.4 Å². The molecular formula is C23H27N3O3. The predicted octanol–water partition coefficient (Wildman–Crippen LogP) is 3.68. The van der Waals surface area contributed by atoms with Crippen LogP contribution in [0.4, 0.5) is 17.1 Å². The van der Waals surface area contributed by atoms with E-state index in [1.165, 1.54) is 24.9 Å². The van der Waals surface area contributed by atoms with Gasteiger partial charge in [-0.2, -0.15) is 0 Å². The molecule has 2 aliphatic heterocycles. The van der Waals surface area contributed by atoms with Crippen molar-refractivity contribution in [3.8, 4) is 5.75 Å². The van der Waals surface area contributed by atoms with Crippen LogP contribution in [0.5, 0.6) is 5.75 Å². The Labute approximate surface area is 171 Å². The average Bonchev–Trinajstić information content (AvgIpc) is 3.17. The van der Waals surface area contributed by atoms with Gasteiger partial charge in [-0.25, -0.2) is 0 Å². The molecule has 29 heavy (non-hydrogen) atoms. The van der Waals surface area contributed by atoms with E-state index in [0.717, 1.165) is 30.2 Å². The smallest absolute Gasteiger partial charge is 0.229 e. The molecule has 0 aliphatic carbocycles. The lowest BCUT2D eigenvalue weighted by atomic mass is 10.1. The summed E-state index contributed by atoms with van der Waals surface area (Å²) in [6.45, 7) is 2.58. The van der Waals surface area contributed by atoms with Gasteiger partial charge in [0.15, 0.2) is 0 Å². The summed E-state index contributed by atoms with van der Waals surface area (Å²) < 4.78 is 5.16. The molecule has 2 amide bonds. The SMILES string of the molecule is COc1ccc(N2CC(C(=O)Nc3ccc(N4CCCCC4)cc3)CC2=O)cc1. The van der Waals surface area contributed by atoms with Crippen molar-refractivity contribution in [2.75, 3.05) is 41.9 Å². The molecule has 4 rings (SSSR count). The summed E-state index contributed by atoms with van der Waals surface area (Å²) in [4.78, 5) is 29.2. The molecule has 1 atom stereocenters. The lowest BCUT2D eigenvalue weighted by molar-refractivity contribution is -0.122. The third-order valence-electron chi connectivity index (χ3n) is 5.74. The van der Waals surface area contributed by atoms with Gasteiger partial charge in [-0.15, -0.1) is 0 Å². The van der Waals surface area contributed by atoms with Crippen LogP contribution in [0, 0.1) is 5.92 Å². The van der Waals surface area contributed by atoms with Crippen LogP contribution in [0.3, 0.4) is 0 Å². The second-order valence-electron chi connectivity index (χ2n) is 7.69. The Kier molecular flexibility index (Phi) is 5.69. The molecule has 152 valence electrons. The molecule has 0 bridgehead atoms. The molecule has 2 fully saturated rings. The topological polar surface area (TPSA) is 61.9 Å². The molecular weight excluding hydrogens is 366 g/mol. The number of carbonyl (C=O) groups excluding carboxylic acids is 2. The number of rotatable bonds is 5. The molecule has 2 aromatic carbocycles. The number of piperidine rings is 1. The van der Waals surface area contributed by atoms with Crippen molar-refractivity contribution in [3.63, 3.8) is 0 Å². The Morgan fingerprint density at radius 2 is 1.62 bits per heavy atom. The van der Waals surface area contributed by atoms with E-state index in [1.54, 1.807) is 12.0 Å². The van der Waals surface area contributed by atoms with Crippen LogP contribution in [-0.2, 0) is 9.59 Å². The standard InChI is InChI=1S/C23H27N3O3/c1-29-21-11-9-20(10-12-21)26-16-17(15-22(26)27)23(28)24-18-5-7-19(8-6-18)25-13-3-2-4-14-25/h5-12,17H,2-4,13-16H2,1H3,(H,24,28). The Balaban J connectivity index is 1.36. The van der Waals surface area contributed by atoms with Crippen LogP contribution >= 0.6 is 0 Å². The molecule has 2 saturated heterocycles. The number of methoxy groups -OCH3 is 1. The Morgan fingerprint density at radius 1 is 0.966 bits per heavy atom. The molecule has 2 heterocycles. The van der Waals surface area contributed by atoms with Gasteiger partial charge in [0, 0.05) is 43.1 Å². The highest BCUT2D eigenvalue weighted by Gasteiger charge is 2.35. The fourth-order valence-corrected chi connectivity index (χ4v) is 4.05. The number of nitrogens with one attached hydrogen (secondary N) is 1. The van der Waals surface area contributed by atoms with E-state index in [9.17, 15) is 9.59 Å². The maximum Gasteiger partial charge on any atom is 0.229 e. The molecule has 0 spiro atoms. The van der Waals surface area contributed by atoms with Crippen molar-refractivity contribution < 1.29 is 14.3 Å². The Bertz CT molecular complexity index is 858. The van der Waals surface area contributed by atoms with Crippen LogP contribution < -0.4 is 19.9 Å². The van der Waals surface area contributed by atoms with Gasteiger partial charge in [0.25, 0.3) is 0 Å². The van der Waals surface area contributed by atoms with E-state index in [-0.39, 0.29) is 24.2 Å². The number of ether oxygens (including phenoxy) is 1. The quantitative estimate of drug-likeness (QED) is 0.842. The van der Waals surface area contributed by atoms with Gasteiger partial charge in [0.1, 0.15) is 5.75 Å². The highest BCUT2D eigenvalue weighted by atomic mass is 16.5. The zero-order valence-corrected chi connectivity index (χ0v) is 16.8. The van der Waals surface area contributed by atoms with E-state index in [0.29, 0.717) is 6.54 Å².